The van der Waals surface area contributed by atoms with Gasteiger partial charge >= 0.3 is 0 Å². The maximum atomic E-state index is 5.99. The number of anilines is 2. The number of allylic oxidation sites excluding steroid dienone is 3. The second-order valence-electron chi connectivity index (χ2n) is 4.09. The predicted molar refractivity (Wildman–Crippen MR) is 102 cm³/mol. The SMILES string of the molecule is Cc1ccc(NC=C2C=CNC=C2)c(C)c1N.Cl.Cl.Cl.O.O. The molecule has 5 nitrogen and oxygen atoms in total. The van der Waals surface area contributed by atoms with Gasteiger partial charge in [-0.1, -0.05) is 6.07 Å². The number of nitrogens with two attached hydrogens (primary N) is 1. The van der Waals surface area contributed by atoms with Gasteiger partial charge in [-0.25, -0.2) is 0 Å². The summed E-state index contributed by atoms with van der Waals surface area (Å²) in [4.78, 5) is 0. The zero-order valence-corrected chi connectivity index (χ0v) is 14.8. The Morgan fingerprint density at radius 2 is 1.55 bits per heavy atom. The Morgan fingerprint density at radius 3 is 2.09 bits per heavy atom. The van der Waals surface area contributed by atoms with Crippen LogP contribution >= 0.6 is 37.2 Å². The molecule has 1 aromatic rings. The summed E-state index contributed by atoms with van der Waals surface area (Å²) in [7, 11) is 0. The zero-order chi connectivity index (χ0) is 12.3. The first kappa shape index (κ1) is 28.7. The van der Waals surface area contributed by atoms with Crippen LogP contribution in [-0.4, -0.2) is 11.0 Å². The van der Waals surface area contributed by atoms with Gasteiger partial charge in [0.05, 0.1) is 0 Å². The number of halogens is 3. The molecular formula is C14H24Cl3N3O2. The molecule has 2 rings (SSSR count). The van der Waals surface area contributed by atoms with Gasteiger partial charge in [0.1, 0.15) is 0 Å². The van der Waals surface area contributed by atoms with E-state index in [0.29, 0.717) is 0 Å². The molecular weight excluding hydrogens is 349 g/mol. The van der Waals surface area contributed by atoms with Crippen LogP contribution in [-0.2, 0) is 0 Å². The third-order valence-electron chi connectivity index (χ3n) is 2.87. The summed E-state index contributed by atoms with van der Waals surface area (Å²) >= 11 is 0. The van der Waals surface area contributed by atoms with E-state index in [0.717, 1.165) is 28.1 Å². The van der Waals surface area contributed by atoms with E-state index in [1.807, 2.05) is 56.7 Å². The molecule has 8 heteroatoms. The van der Waals surface area contributed by atoms with Crippen LogP contribution in [0.1, 0.15) is 11.1 Å². The molecule has 0 unspecified atom stereocenters. The van der Waals surface area contributed by atoms with Gasteiger partial charge < -0.3 is 27.3 Å². The minimum atomic E-state index is 0. The van der Waals surface area contributed by atoms with Crippen LogP contribution in [0.3, 0.4) is 0 Å². The maximum Gasteiger partial charge on any atom is 0.0430 e. The number of nitrogen functional groups attached to an aromatic ring is 1. The third-order valence-corrected chi connectivity index (χ3v) is 2.87. The van der Waals surface area contributed by atoms with Crippen molar-refractivity contribution in [3.05, 3.63) is 59.6 Å². The fraction of sp³-hybridized carbons (Fsp3) is 0.143. The van der Waals surface area contributed by atoms with Crippen molar-refractivity contribution in [3.8, 4) is 0 Å². The van der Waals surface area contributed by atoms with Crippen LogP contribution < -0.4 is 16.4 Å². The number of hydrogen-bond acceptors (Lipinski definition) is 3. The maximum absolute atomic E-state index is 5.99. The lowest BCUT2D eigenvalue weighted by Gasteiger charge is -2.11. The largest absolute Gasteiger partial charge is 0.412 e. The van der Waals surface area contributed by atoms with Gasteiger partial charge in [-0.3, -0.25) is 0 Å². The van der Waals surface area contributed by atoms with Crippen LogP contribution in [0.5, 0.6) is 0 Å². The van der Waals surface area contributed by atoms with Crippen molar-refractivity contribution in [1.82, 2.24) is 5.32 Å². The van der Waals surface area contributed by atoms with Crippen LogP contribution in [0, 0.1) is 13.8 Å². The Hall–Kier alpha value is -1.37. The highest BCUT2D eigenvalue weighted by Gasteiger charge is 2.02. The Balaban J connectivity index is -0.000000324. The molecule has 0 fully saturated rings. The molecule has 0 amide bonds. The van der Waals surface area contributed by atoms with E-state index in [4.69, 9.17) is 5.73 Å². The van der Waals surface area contributed by atoms with Gasteiger partial charge in [0.15, 0.2) is 0 Å². The summed E-state index contributed by atoms with van der Waals surface area (Å²) in [6, 6.07) is 4.07. The minimum Gasteiger partial charge on any atom is -0.412 e. The highest BCUT2D eigenvalue weighted by Crippen LogP contribution is 2.24. The number of rotatable bonds is 2. The molecule has 0 aromatic heterocycles. The monoisotopic (exact) mass is 371 g/mol. The normalized spacial score (nSPS) is 10.4. The first-order valence-corrected chi connectivity index (χ1v) is 5.60. The van der Waals surface area contributed by atoms with Crippen LogP contribution in [0.15, 0.2) is 48.5 Å². The van der Waals surface area contributed by atoms with Gasteiger partial charge in [-0.2, -0.15) is 0 Å². The average Bonchev–Trinajstić information content (AvgIpc) is 2.36. The van der Waals surface area contributed by atoms with Crippen molar-refractivity contribution >= 4 is 48.6 Å². The molecule has 1 aliphatic rings. The number of hydrogen-bond donors (Lipinski definition) is 3. The molecule has 0 radical (unpaired) electrons. The predicted octanol–water partition coefficient (Wildman–Crippen LogP) is 2.43. The Bertz CT molecular complexity index is 518. The summed E-state index contributed by atoms with van der Waals surface area (Å²) in [6.07, 6.45) is 9.75. The summed E-state index contributed by atoms with van der Waals surface area (Å²) in [6.45, 7) is 4.04. The lowest BCUT2D eigenvalue weighted by Crippen LogP contribution is -2.01. The molecule has 128 valence electrons. The van der Waals surface area contributed by atoms with E-state index >= 15 is 0 Å². The molecule has 22 heavy (non-hydrogen) atoms. The van der Waals surface area contributed by atoms with Crippen molar-refractivity contribution in [2.24, 2.45) is 0 Å². The minimum absolute atomic E-state index is 0. The van der Waals surface area contributed by atoms with E-state index in [9.17, 15) is 0 Å². The second-order valence-corrected chi connectivity index (χ2v) is 4.09. The number of dihydropyridines is 1. The third kappa shape index (κ3) is 7.06. The van der Waals surface area contributed by atoms with Crippen molar-refractivity contribution in [2.75, 3.05) is 11.1 Å². The molecule has 1 heterocycles. The first-order chi connectivity index (χ1) is 8.18. The Kier molecular flexibility index (Phi) is 17.4. The quantitative estimate of drug-likeness (QED) is 0.693. The van der Waals surface area contributed by atoms with Crippen molar-refractivity contribution in [2.45, 2.75) is 13.8 Å². The van der Waals surface area contributed by atoms with E-state index in [1.165, 1.54) is 0 Å². The van der Waals surface area contributed by atoms with Gasteiger partial charge in [0.25, 0.3) is 0 Å². The highest BCUT2D eigenvalue weighted by molar-refractivity contribution is 5.86. The van der Waals surface area contributed by atoms with E-state index < -0.39 is 0 Å². The van der Waals surface area contributed by atoms with Gasteiger partial charge in [0.2, 0.25) is 0 Å². The molecule has 0 aliphatic carbocycles. The molecule has 0 saturated heterocycles. The molecule has 0 saturated carbocycles. The lowest BCUT2D eigenvalue weighted by atomic mass is 10.1. The van der Waals surface area contributed by atoms with Crippen LogP contribution in [0.4, 0.5) is 11.4 Å². The standard InChI is InChI=1S/C14H17N3.3ClH.2H2O/c1-10-3-4-13(11(2)14(10)15)17-9-12-5-7-16-8-6-12;;;;;/h3-9,16-17H,15H2,1-2H3;3*1H;2*1H2. The molecule has 1 aromatic carbocycles. The zero-order valence-electron chi connectivity index (χ0n) is 12.3. The summed E-state index contributed by atoms with van der Waals surface area (Å²) in [5, 5.41) is 6.27. The summed E-state index contributed by atoms with van der Waals surface area (Å²) in [5.41, 5.74) is 11.2. The van der Waals surface area contributed by atoms with Crippen LogP contribution in [0.25, 0.3) is 0 Å². The van der Waals surface area contributed by atoms with E-state index in [1.54, 1.807) is 0 Å². The fourth-order valence-corrected chi connectivity index (χ4v) is 1.68. The lowest BCUT2D eigenvalue weighted by molar-refractivity contribution is 0.823. The van der Waals surface area contributed by atoms with Crippen molar-refractivity contribution in [1.29, 1.82) is 0 Å². The topological polar surface area (TPSA) is 113 Å². The first-order valence-electron chi connectivity index (χ1n) is 5.60. The Labute approximate surface area is 149 Å². The number of nitrogens with one attached hydrogen (secondary N) is 2. The Morgan fingerprint density at radius 1 is 1.00 bits per heavy atom. The smallest absolute Gasteiger partial charge is 0.0430 e. The molecule has 0 spiro atoms. The van der Waals surface area contributed by atoms with E-state index in [2.05, 4.69) is 10.6 Å². The van der Waals surface area contributed by atoms with Gasteiger partial charge in [-0.05, 0) is 48.8 Å². The molecule has 8 N–H and O–H groups in total. The average molecular weight is 373 g/mol. The highest BCUT2D eigenvalue weighted by atomic mass is 35.5. The fourth-order valence-electron chi connectivity index (χ4n) is 1.68. The summed E-state index contributed by atoms with van der Waals surface area (Å²) in [5.74, 6) is 0. The van der Waals surface area contributed by atoms with Crippen LogP contribution in [0.2, 0.25) is 0 Å². The second kappa shape index (κ2) is 13.3. The van der Waals surface area contributed by atoms with Crippen molar-refractivity contribution in [3.63, 3.8) is 0 Å². The van der Waals surface area contributed by atoms with E-state index in [-0.39, 0.29) is 48.2 Å². The molecule has 0 bridgehead atoms. The van der Waals surface area contributed by atoms with Crippen molar-refractivity contribution < 1.29 is 11.0 Å². The molecule has 0 atom stereocenters. The van der Waals surface area contributed by atoms with Gasteiger partial charge in [-0.15, -0.1) is 37.2 Å². The number of aryl methyl sites for hydroxylation is 1. The number of benzene rings is 1. The summed E-state index contributed by atoms with van der Waals surface area (Å²) < 4.78 is 0. The van der Waals surface area contributed by atoms with Gasteiger partial charge in [0, 0.05) is 30.0 Å². The molecule has 1 aliphatic heterocycles.